The first-order valence-corrected chi connectivity index (χ1v) is 9.53. The predicted octanol–water partition coefficient (Wildman–Crippen LogP) is 4.84. The molecule has 0 aliphatic rings. The van der Waals surface area contributed by atoms with E-state index < -0.39 is 29.2 Å². The van der Waals surface area contributed by atoms with Crippen LogP contribution in [-0.4, -0.2) is 18.1 Å². The van der Waals surface area contributed by atoms with Crippen molar-refractivity contribution in [3.8, 4) is 11.5 Å². The average Bonchev–Trinajstić information content (AvgIpc) is 2.72. The first-order valence-electron chi connectivity index (χ1n) is 9.53. The van der Waals surface area contributed by atoms with Gasteiger partial charge in [0.2, 0.25) is 5.91 Å². The molecule has 1 heterocycles. The standard InChI is InChI=1S/C23H20F3NO5/c1-13-11-19(28)21(22(30)32-13)18(14-3-9-17(31-2)10-4-14)12-20(29)27-16-7-5-15(6-8-16)23(24,25)26/h3-11,18,28H,12H2,1-2H3,(H,27,29)/t18-/m0/s1. The van der Waals surface area contributed by atoms with Crippen molar-refractivity contribution in [2.24, 2.45) is 0 Å². The third kappa shape index (κ3) is 5.29. The number of halogens is 3. The molecule has 0 spiro atoms. The molecule has 0 aliphatic carbocycles. The normalized spacial score (nSPS) is 12.3. The van der Waals surface area contributed by atoms with E-state index in [0.717, 1.165) is 24.3 Å². The maximum atomic E-state index is 12.7. The second-order valence-electron chi connectivity index (χ2n) is 7.10. The third-order valence-corrected chi connectivity index (χ3v) is 4.84. The molecule has 1 amide bonds. The van der Waals surface area contributed by atoms with Crippen LogP contribution in [0.4, 0.5) is 18.9 Å². The van der Waals surface area contributed by atoms with Gasteiger partial charge in [-0.3, -0.25) is 4.79 Å². The molecule has 1 atom stereocenters. The van der Waals surface area contributed by atoms with Crippen LogP contribution in [0.1, 0.15) is 34.8 Å². The van der Waals surface area contributed by atoms with Crippen molar-refractivity contribution >= 4 is 11.6 Å². The Morgan fingerprint density at radius 1 is 1.12 bits per heavy atom. The van der Waals surface area contributed by atoms with E-state index in [9.17, 15) is 27.9 Å². The van der Waals surface area contributed by atoms with E-state index in [1.165, 1.54) is 20.1 Å². The van der Waals surface area contributed by atoms with E-state index >= 15 is 0 Å². The fourth-order valence-corrected chi connectivity index (χ4v) is 3.29. The molecule has 0 unspecified atom stereocenters. The summed E-state index contributed by atoms with van der Waals surface area (Å²) < 4.78 is 48.4. The Balaban J connectivity index is 1.90. The van der Waals surface area contributed by atoms with Crippen LogP contribution in [0.2, 0.25) is 0 Å². The van der Waals surface area contributed by atoms with Gasteiger partial charge in [-0.25, -0.2) is 4.79 Å². The quantitative estimate of drug-likeness (QED) is 0.565. The van der Waals surface area contributed by atoms with E-state index in [-0.39, 0.29) is 29.2 Å². The third-order valence-electron chi connectivity index (χ3n) is 4.84. The molecular formula is C23H20F3NO5. The zero-order valence-electron chi connectivity index (χ0n) is 17.2. The summed E-state index contributed by atoms with van der Waals surface area (Å²) >= 11 is 0. The average molecular weight is 447 g/mol. The van der Waals surface area contributed by atoms with Gasteiger partial charge in [-0.15, -0.1) is 0 Å². The molecule has 0 bridgehead atoms. The van der Waals surface area contributed by atoms with Gasteiger partial charge in [0.1, 0.15) is 17.3 Å². The van der Waals surface area contributed by atoms with Crippen molar-refractivity contribution in [2.75, 3.05) is 12.4 Å². The topological polar surface area (TPSA) is 88.8 Å². The predicted molar refractivity (Wildman–Crippen MR) is 111 cm³/mol. The Bertz CT molecular complexity index is 1150. The summed E-state index contributed by atoms with van der Waals surface area (Å²) in [4.78, 5) is 25.2. The number of anilines is 1. The van der Waals surface area contributed by atoms with Gasteiger partial charge in [-0.1, -0.05) is 12.1 Å². The van der Waals surface area contributed by atoms with Crippen LogP contribution in [0.3, 0.4) is 0 Å². The minimum atomic E-state index is -4.49. The van der Waals surface area contributed by atoms with E-state index in [2.05, 4.69) is 5.32 Å². The maximum absolute atomic E-state index is 12.7. The molecule has 9 heteroatoms. The van der Waals surface area contributed by atoms with Gasteiger partial charge < -0.3 is 19.6 Å². The van der Waals surface area contributed by atoms with Crippen LogP contribution in [0.5, 0.6) is 11.5 Å². The van der Waals surface area contributed by atoms with Crippen LogP contribution in [0.15, 0.2) is 63.8 Å². The lowest BCUT2D eigenvalue weighted by Crippen LogP contribution is -2.21. The SMILES string of the molecule is COc1ccc([C@H](CC(=O)Nc2ccc(C(F)(F)F)cc2)c2c(O)cc(C)oc2=O)cc1. The number of benzene rings is 2. The lowest BCUT2D eigenvalue weighted by molar-refractivity contribution is -0.137. The smallest absolute Gasteiger partial charge is 0.416 e. The molecule has 0 aliphatic heterocycles. The molecule has 3 aromatic rings. The lowest BCUT2D eigenvalue weighted by Gasteiger charge is -2.18. The number of rotatable bonds is 6. The van der Waals surface area contributed by atoms with Gasteiger partial charge >= 0.3 is 11.8 Å². The van der Waals surface area contributed by atoms with E-state index in [4.69, 9.17) is 9.15 Å². The van der Waals surface area contributed by atoms with Gasteiger partial charge in [0, 0.05) is 24.1 Å². The number of carbonyl (C=O) groups excluding carboxylic acids is 1. The van der Waals surface area contributed by atoms with E-state index in [1.807, 2.05) is 0 Å². The second-order valence-corrected chi connectivity index (χ2v) is 7.10. The Morgan fingerprint density at radius 2 is 1.75 bits per heavy atom. The maximum Gasteiger partial charge on any atom is 0.416 e. The Labute approximate surface area is 181 Å². The number of carbonyl (C=O) groups is 1. The minimum Gasteiger partial charge on any atom is -0.507 e. The summed E-state index contributed by atoms with van der Waals surface area (Å²) in [5.41, 5.74) is -1.01. The summed E-state index contributed by atoms with van der Waals surface area (Å²) in [5.74, 6) is -0.986. The monoisotopic (exact) mass is 447 g/mol. The number of ether oxygens (including phenoxy) is 1. The van der Waals surface area contributed by atoms with Crippen LogP contribution >= 0.6 is 0 Å². The molecule has 0 saturated heterocycles. The molecule has 2 aromatic carbocycles. The molecule has 1 aromatic heterocycles. The number of alkyl halides is 3. The highest BCUT2D eigenvalue weighted by Gasteiger charge is 2.30. The minimum absolute atomic E-state index is 0.0941. The van der Waals surface area contributed by atoms with Crippen molar-refractivity contribution in [3.63, 3.8) is 0 Å². The number of aryl methyl sites for hydroxylation is 1. The number of nitrogens with one attached hydrogen (secondary N) is 1. The van der Waals surface area contributed by atoms with Crippen LogP contribution in [-0.2, 0) is 11.0 Å². The number of aromatic hydroxyl groups is 1. The van der Waals surface area contributed by atoms with E-state index in [1.54, 1.807) is 24.3 Å². The van der Waals surface area contributed by atoms with Crippen LogP contribution in [0, 0.1) is 6.92 Å². The summed E-state index contributed by atoms with van der Waals surface area (Å²) in [6.07, 6.45) is -4.76. The highest BCUT2D eigenvalue weighted by atomic mass is 19.4. The van der Waals surface area contributed by atoms with Gasteiger partial charge in [-0.05, 0) is 48.9 Å². The van der Waals surface area contributed by atoms with Gasteiger partial charge in [0.15, 0.2) is 0 Å². The highest BCUT2D eigenvalue weighted by molar-refractivity contribution is 5.91. The molecule has 32 heavy (non-hydrogen) atoms. The first-order chi connectivity index (χ1) is 15.1. The van der Waals surface area contributed by atoms with Gasteiger partial charge in [0.25, 0.3) is 0 Å². The summed E-state index contributed by atoms with van der Waals surface area (Å²) in [7, 11) is 1.49. The molecule has 0 saturated carbocycles. The van der Waals surface area contributed by atoms with Crippen molar-refractivity contribution in [1.82, 2.24) is 0 Å². The zero-order chi connectivity index (χ0) is 23.5. The Hall–Kier alpha value is -3.75. The Morgan fingerprint density at radius 3 is 2.28 bits per heavy atom. The van der Waals surface area contributed by atoms with Crippen molar-refractivity contribution in [2.45, 2.75) is 25.4 Å². The van der Waals surface area contributed by atoms with E-state index in [0.29, 0.717) is 11.3 Å². The van der Waals surface area contributed by atoms with Crippen molar-refractivity contribution in [1.29, 1.82) is 0 Å². The highest BCUT2D eigenvalue weighted by Crippen LogP contribution is 2.34. The lowest BCUT2D eigenvalue weighted by atomic mass is 9.88. The molecular weight excluding hydrogens is 427 g/mol. The molecule has 168 valence electrons. The fraction of sp³-hybridized carbons (Fsp3) is 0.217. The molecule has 0 fully saturated rings. The first kappa shape index (κ1) is 22.9. The van der Waals surface area contributed by atoms with Crippen LogP contribution in [0.25, 0.3) is 0 Å². The largest absolute Gasteiger partial charge is 0.507 e. The zero-order valence-corrected chi connectivity index (χ0v) is 17.2. The second kappa shape index (κ2) is 9.17. The van der Waals surface area contributed by atoms with Crippen LogP contribution < -0.4 is 15.7 Å². The fourth-order valence-electron chi connectivity index (χ4n) is 3.29. The van der Waals surface area contributed by atoms with Gasteiger partial charge in [-0.2, -0.15) is 13.2 Å². The summed E-state index contributed by atoms with van der Waals surface area (Å²) in [5, 5.41) is 12.9. The summed E-state index contributed by atoms with van der Waals surface area (Å²) in [6.45, 7) is 1.50. The number of amides is 1. The van der Waals surface area contributed by atoms with Crippen molar-refractivity contribution < 1.29 is 32.2 Å². The summed E-state index contributed by atoms with van der Waals surface area (Å²) in [6, 6.07) is 11.9. The molecule has 2 N–H and O–H groups in total. The molecule has 0 radical (unpaired) electrons. The number of methoxy groups -OCH3 is 1. The molecule has 6 nitrogen and oxygen atoms in total. The number of hydrogen-bond donors (Lipinski definition) is 2. The molecule has 3 rings (SSSR count). The Kier molecular flexibility index (Phi) is 6.57. The number of hydrogen-bond acceptors (Lipinski definition) is 5. The van der Waals surface area contributed by atoms with Crippen molar-refractivity contribution in [3.05, 3.63) is 87.5 Å². The van der Waals surface area contributed by atoms with Gasteiger partial charge in [0.05, 0.1) is 18.2 Å².